The van der Waals surface area contributed by atoms with E-state index in [0.29, 0.717) is 25.3 Å². The van der Waals surface area contributed by atoms with Crippen molar-refractivity contribution >= 4 is 62.1 Å². The molecule has 0 spiro atoms. The van der Waals surface area contributed by atoms with Crippen molar-refractivity contribution in [2.45, 2.75) is 26.3 Å². The van der Waals surface area contributed by atoms with Crippen molar-refractivity contribution in [1.29, 1.82) is 0 Å². The molecule has 6 heteroatoms. The molecule has 1 aromatic heterocycles. The first-order valence-corrected chi connectivity index (χ1v) is 7.77. The Kier molecular flexibility index (Phi) is 4.62. The van der Waals surface area contributed by atoms with Crippen LogP contribution in [-0.4, -0.2) is 11.9 Å². The van der Waals surface area contributed by atoms with E-state index in [9.17, 15) is 4.79 Å². The van der Waals surface area contributed by atoms with Crippen LogP contribution in [0.25, 0.3) is 10.1 Å². The van der Waals surface area contributed by atoms with Crippen LogP contribution in [0.15, 0.2) is 12.1 Å². The van der Waals surface area contributed by atoms with E-state index in [1.807, 2.05) is 13.8 Å². The Hall–Kier alpha value is -0.480. The van der Waals surface area contributed by atoms with Crippen LogP contribution in [0.3, 0.4) is 0 Å². The van der Waals surface area contributed by atoms with Gasteiger partial charge in [-0.15, -0.1) is 11.3 Å². The second-order valence-corrected chi connectivity index (χ2v) is 6.56. The first-order valence-electron chi connectivity index (χ1n) is 5.82. The van der Waals surface area contributed by atoms with E-state index in [4.69, 9.17) is 34.8 Å². The van der Waals surface area contributed by atoms with Gasteiger partial charge in [-0.3, -0.25) is 4.79 Å². The highest BCUT2D eigenvalue weighted by molar-refractivity contribution is 7.21. The molecule has 1 unspecified atom stereocenters. The van der Waals surface area contributed by atoms with Crippen LogP contribution in [0.5, 0.6) is 0 Å². The lowest BCUT2D eigenvalue weighted by Gasteiger charge is -2.10. The number of halogens is 3. The predicted molar refractivity (Wildman–Crippen MR) is 84.1 cm³/mol. The van der Waals surface area contributed by atoms with Crippen LogP contribution < -0.4 is 5.32 Å². The molecule has 19 heavy (non-hydrogen) atoms. The number of hydrogen-bond acceptors (Lipinski definition) is 2. The van der Waals surface area contributed by atoms with E-state index < -0.39 is 0 Å². The lowest BCUT2D eigenvalue weighted by molar-refractivity contribution is 0.0943. The fourth-order valence-corrected chi connectivity index (χ4v) is 3.93. The van der Waals surface area contributed by atoms with Crippen molar-refractivity contribution in [2.24, 2.45) is 0 Å². The fourth-order valence-electron chi connectivity index (χ4n) is 1.65. The minimum absolute atomic E-state index is 0.104. The summed E-state index contributed by atoms with van der Waals surface area (Å²) in [6, 6.07) is 3.49. The van der Waals surface area contributed by atoms with Crippen LogP contribution in [0.2, 0.25) is 15.1 Å². The molecule has 1 atom stereocenters. The van der Waals surface area contributed by atoms with Gasteiger partial charge in [0.05, 0.1) is 10.0 Å². The molecule has 0 saturated carbocycles. The van der Waals surface area contributed by atoms with Crippen molar-refractivity contribution in [3.05, 3.63) is 32.1 Å². The zero-order valence-corrected chi connectivity index (χ0v) is 13.5. The van der Waals surface area contributed by atoms with Gasteiger partial charge in [-0.05, 0) is 25.5 Å². The molecule has 2 nitrogen and oxygen atoms in total. The normalized spacial score (nSPS) is 12.7. The predicted octanol–water partition coefficient (Wildman–Crippen LogP) is 5.39. The van der Waals surface area contributed by atoms with Crippen LogP contribution in [0.1, 0.15) is 29.9 Å². The summed E-state index contributed by atoms with van der Waals surface area (Å²) in [5, 5.41) is 4.97. The Balaban J connectivity index is 2.48. The van der Waals surface area contributed by atoms with Crippen molar-refractivity contribution in [2.75, 3.05) is 0 Å². The third kappa shape index (κ3) is 3.00. The maximum absolute atomic E-state index is 12.1. The van der Waals surface area contributed by atoms with E-state index in [0.717, 1.165) is 11.1 Å². The molecule has 0 saturated heterocycles. The summed E-state index contributed by atoms with van der Waals surface area (Å²) in [6.45, 7) is 3.96. The highest BCUT2D eigenvalue weighted by Crippen LogP contribution is 2.41. The van der Waals surface area contributed by atoms with E-state index in [1.165, 1.54) is 11.3 Å². The lowest BCUT2D eigenvalue weighted by atomic mass is 10.2. The van der Waals surface area contributed by atoms with Gasteiger partial charge in [0.25, 0.3) is 5.91 Å². The number of hydrogen-bond donors (Lipinski definition) is 1. The Bertz CT molecular complexity index is 638. The van der Waals surface area contributed by atoms with E-state index >= 15 is 0 Å². The number of benzene rings is 1. The first kappa shape index (κ1) is 14.9. The summed E-state index contributed by atoms with van der Waals surface area (Å²) >= 11 is 19.6. The lowest BCUT2D eigenvalue weighted by Crippen LogP contribution is -2.31. The molecule has 2 aromatic rings. The summed E-state index contributed by atoms with van der Waals surface area (Å²) in [6.07, 6.45) is 0.862. The van der Waals surface area contributed by atoms with Crippen LogP contribution >= 0.6 is 46.1 Å². The first-order chi connectivity index (χ1) is 8.93. The molecule has 1 amide bonds. The molecule has 1 heterocycles. The van der Waals surface area contributed by atoms with Gasteiger partial charge in [0, 0.05) is 21.2 Å². The zero-order chi connectivity index (χ0) is 14.2. The Morgan fingerprint density at radius 3 is 2.68 bits per heavy atom. The quantitative estimate of drug-likeness (QED) is 0.800. The van der Waals surface area contributed by atoms with Crippen LogP contribution in [0, 0.1) is 0 Å². The smallest absolute Gasteiger partial charge is 0.263 e. The minimum Gasteiger partial charge on any atom is -0.349 e. The van der Waals surface area contributed by atoms with E-state index in [2.05, 4.69) is 5.32 Å². The third-order valence-electron chi connectivity index (χ3n) is 2.85. The van der Waals surface area contributed by atoms with Gasteiger partial charge in [-0.1, -0.05) is 41.7 Å². The number of carbonyl (C=O) groups excluding carboxylic acids is 1. The molecule has 0 bridgehead atoms. The van der Waals surface area contributed by atoms with Crippen LogP contribution in [0.4, 0.5) is 0 Å². The molecule has 0 aliphatic rings. The average Bonchev–Trinajstić information content (AvgIpc) is 2.66. The maximum Gasteiger partial charge on any atom is 0.263 e. The Labute approximate surface area is 130 Å². The van der Waals surface area contributed by atoms with E-state index in [-0.39, 0.29) is 11.9 Å². The molecular formula is C13H12Cl3NOS. The van der Waals surface area contributed by atoms with Gasteiger partial charge < -0.3 is 5.32 Å². The van der Waals surface area contributed by atoms with Gasteiger partial charge in [0.1, 0.15) is 4.88 Å². The van der Waals surface area contributed by atoms with Gasteiger partial charge in [0.2, 0.25) is 0 Å². The minimum atomic E-state index is -0.173. The van der Waals surface area contributed by atoms with Gasteiger partial charge in [-0.2, -0.15) is 0 Å². The van der Waals surface area contributed by atoms with Gasteiger partial charge in [0.15, 0.2) is 0 Å². The second-order valence-electron chi connectivity index (χ2n) is 4.29. The molecule has 0 radical (unpaired) electrons. The molecule has 1 N–H and O–H groups in total. The topological polar surface area (TPSA) is 29.1 Å². The van der Waals surface area contributed by atoms with Crippen molar-refractivity contribution in [3.8, 4) is 0 Å². The Morgan fingerprint density at radius 2 is 2.05 bits per heavy atom. The Morgan fingerprint density at radius 1 is 1.37 bits per heavy atom. The molecule has 0 aliphatic carbocycles. The monoisotopic (exact) mass is 335 g/mol. The van der Waals surface area contributed by atoms with Crippen LogP contribution in [-0.2, 0) is 0 Å². The summed E-state index contributed by atoms with van der Waals surface area (Å²) in [5.74, 6) is -0.173. The van der Waals surface area contributed by atoms with Gasteiger partial charge in [-0.25, -0.2) is 0 Å². The van der Waals surface area contributed by atoms with Gasteiger partial charge >= 0.3 is 0 Å². The molecule has 0 fully saturated rings. The van der Waals surface area contributed by atoms with Crippen molar-refractivity contribution in [1.82, 2.24) is 5.32 Å². The largest absolute Gasteiger partial charge is 0.349 e. The third-order valence-corrected chi connectivity index (χ3v) is 4.99. The highest BCUT2D eigenvalue weighted by Gasteiger charge is 2.20. The highest BCUT2D eigenvalue weighted by atomic mass is 35.5. The van der Waals surface area contributed by atoms with Crippen molar-refractivity contribution in [3.63, 3.8) is 0 Å². The molecule has 1 aromatic carbocycles. The number of nitrogens with one attached hydrogen (secondary N) is 1. The standard InChI is InChI=1S/C13H12Cl3NOS/c1-3-6(2)17-13(18)12-11(16)10-8(15)4-7(14)5-9(10)19-12/h4-6H,3H2,1-2H3,(H,17,18). The number of amides is 1. The molecule has 2 rings (SSSR count). The fraction of sp³-hybridized carbons (Fsp3) is 0.308. The number of fused-ring (bicyclic) bond motifs is 1. The number of carbonyl (C=O) groups is 1. The SMILES string of the molecule is CCC(C)NC(=O)c1sc2cc(Cl)cc(Cl)c2c1Cl. The zero-order valence-electron chi connectivity index (χ0n) is 10.4. The van der Waals surface area contributed by atoms with E-state index in [1.54, 1.807) is 12.1 Å². The summed E-state index contributed by atoms with van der Waals surface area (Å²) in [4.78, 5) is 12.6. The maximum atomic E-state index is 12.1. The number of thiophene rings is 1. The summed E-state index contributed by atoms with van der Waals surface area (Å²) < 4.78 is 0.816. The molecule has 0 aliphatic heterocycles. The van der Waals surface area contributed by atoms with Crippen molar-refractivity contribution < 1.29 is 4.79 Å². The average molecular weight is 337 g/mol. The summed E-state index contributed by atoms with van der Waals surface area (Å²) in [7, 11) is 0. The molecular weight excluding hydrogens is 325 g/mol. The molecule has 102 valence electrons. The second kappa shape index (κ2) is 5.88. The number of rotatable bonds is 3. The summed E-state index contributed by atoms with van der Waals surface area (Å²) in [5.41, 5.74) is 0.